The molecule has 7 heteroatoms. The number of hydrogen-bond acceptors (Lipinski definition) is 6. The van der Waals surface area contributed by atoms with Gasteiger partial charge in [0.2, 0.25) is 5.78 Å². The number of aliphatic hydroxyl groups excluding tert-OH is 1. The summed E-state index contributed by atoms with van der Waals surface area (Å²) in [4.78, 5) is 27.8. The topological polar surface area (TPSA) is 89.2 Å². The van der Waals surface area contributed by atoms with Crippen molar-refractivity contribution >= 4 is 22.7 Å². The van der Waals surface area contributed by atoms with Gasteiger partial charge in [0.15, 0.2) is 11.5 Å². The number of hydrogen-bond donors (Lipinski definition) is 1. The van der Waals surface area contributed by atoms with Crippen molar-refractivity contribution in [3.63, 3.8) is 0 Å². The van der Waals surface area contributed by atoms with Crippen LogP contribution in [-0.4, -0.2) is 49.1 Å². The molecule has 1 unspecified atom stereocenters. The van der Waals surface area contributed by atoms with Crippen molar-refractivity contribution in [2.45, 2.75) is 12.5 Å². The van der Waals surface area contributed by atoms with Crippen LogP contribution in [0.2, 0.25) is 0 Å². The zero-order valence-electron chi connectivity index (χ0n) is 17.3. The van der Waals surface area contributed by atoms with E-state index in [0.29, 0.717) is 36.5 Å². The van der Waals surface area contributed by atoms with Crippen LogP contribution in [0.25, 0.3) is 11.0 Å². The molecule has 31 heavy (non-hydrogen) atoms. The van der Waals surface area contributed by atoms with Gasteiger partial charge < -0.3 is 23.9 Å². The molecule has 0 spiro atoms. The van der Waals surface area contributed by atoms with E-state index < -0.39 is 23.5 Å². The van der Waals surface area contributed by atoms with Crippen LogP contribution in [0.5, 0.6) is 5.75 Å². The maximum atomic E-state index is 13.4. The number of ketones is 1. The van der Waals surface area contributed by atoms with Crippen LogP contribution >= 0.6 is 0 Å². The summed E-state index contributed by atoms with van der Waals surface area (Å²) in [5.41, 5.74) is 1.26. The maximum Gasteiger partial charge on any atom is 0.290 e. The number of Topliss-reactive ketones (excluding diaryl/α,β-unsaturated/α-hetero) is 1. The highest BCUT2D eigenvalue weighted by Crippen LogP contribution is 2.40. The Labute approximate surface area is 179 Å². The zero-order valence-corrected chi connectivity index (χ0v) is 17.3. The molecule has 1 aromatic heterocycles. The monoisotopic (exact) mass is 421 g/mol. The molecule has 1 amide bonds. The first kappa shape index (κ1) is 20.7. The normalized spacial score (nSPS) is 16.4. The van der Waals surface area contributed by atoms with E-state index in [-0.39, 0.29) is 11.3 Å². The quantitative estimate of drug-likeness (QED) is 0.436. The minimum atomic E-state index is -0.740. The number of ether oxygens (including phenoxy) is 2. The number of aliphatic hydroxyl groups is 1. The number of rotatable bonds is 8. The van der Waals surface area contributed by atoms with E-state index in [2.05, 4.69) is 0 Å². The molecular weight excluding hydrogens is 398 g/mol. The van der Waals surface area contributed by atoms with Gasteiger partial charge in [0.05, 0.1) is 18.7 Å². The lowest BCUT2D eigenvalue weighted by atomic mass is 9.95. The van der Waals surface area contributed by atoms with E-state index in [1.54, 1.807) is 50.6 Å². The second kappa shape index (κ2) is 8.65. The number of fused-ring (bicyclic) bond motifs is 1. The molecule has 3 aromatic rings. The van der Waals surface area contributed by atoms with Crippen molar-refractivity contribution in [2.24, 2.45) is 0 Å². The Bertz CT molecular complexity index is 1110. The molecule has 0 fully saturated rings. The highest BCUT2D eigenvalue weighted by atomic mass is 16.5. The Morgan fingerprint density at radius 2 is 1.87 bits per heavy atom. The molecule has 0 saturated heterocycles. The Hall–Kier alpha value is -3.58. The summed E-state index contributed by atoms with van der Waals surface area (Å²) < 4.78 is 16.0. The Kier molecular flexibility index (Phi) is 5.77. The lowest BCUT2D eigenvalue weighted by Crippen LogP contribution is -2.32. The summed E-state index contributed by atoms with van der Waals surface area (Å²) in [5, 5.41) is 11.5. The van der Waals surface area contributed by atoms with Crippen molar-refractivity contribution in [1.29, 1.82) is 0 Å². The average Bonchev–Trinajstić information content (AvgIpc) is 3.34. The number of carbonyl (C=O) groups excluding carboxylic acids is 2. The predicted molar refractivity (Wildman–Crippen MR) is 114 cm³/mol. The molecule has 4 rings (SSSR count). The van der Waals surface area contributed by atoms with Crippen molar-refractivity contribution in [2.75, 3.05) is 27.4 Å². The largest absolute Gasteiger partial charge is 0.503 e. The highest BCUT2D eigenvalue weighted by molar-refractivity contribution is 6.16. The highest BCUT2D eigenvalue weighted by Gasteiger charge is 2.44. The van der Waals surface area contributed by atoms with Gasteiger partial charge >= 0.3 is 0 Å². The zero-order chi connectivity index (χ0) is 22.0. The van der Waals surface area contributed by atoms with Gasteiger partial charge in [0.25, 0.3) is 5.91 Å². The third-order valence-corrected chi connectivity index (χ3v) is 5.38. The molecule has 1 aliphatic rings. The van der Waals surface area contributed by atoms with Crippen LogP contribution in [0, 0.1) is 0 Å². The SMILES string of the molecule is COCCCN1C(=O)C(O)=C(C(=O)c2cc3ccccc3o2)C1c1ccc(OC)cc1. The second-order valence-corrected chi connectivity index (χ2v) is 7.26. The van der Waals surface area contributed by atoms with Crippen LogP contribution in [0.3, 0.4) is 0 Å². The molecule has 1 aliphatic heterocycles. The van der Waals surface area contributed by atoms with E-state index >= 15 is 0 Å². The van der Waals surface area contributed by atoms with Crippen LogP contribution < -0.4 is 4.74 Å². The molecule has 7 nitrogen and oxygen atoms in total. The number of furan rings is 1. The third kappa shape index (κ3) is 3.80. The van der Waals surface area contributed by atoms with Crippen LogP contribution in [0.15, 0.2) is 70.3 Å². The van der Waals surface area contributed by atoms with Crippen LogP contribution in [-0.2, 0) is 9.53 Å². The second-order valence-electron chi connectivity index (χ2n) is 7.26. The van der Waals surface area contributed by atoms with Gasteiger partial charge in [0, 0.05) is 25.6 Å². The van der Waals surface area contributed by atoms with E-state index in [4.69, 9.17) is 13.9 Å². The van der Waals surface area contributed by atoms with Crippen molar-refractivity contribution < 1.29 is 28.6 Å². The molecule has 0 bridgehead atoms. The van der Waals surface area contributed by atoms with Gasteiger partial charge in [-0.3, -0.25) is 9.59 Å². The standard InChI is InChI=1S/C24H23NO6/c1-29-13-5-12-25-21(15-8-10-17(30-2)11-9-15)20(23(27)24(25)28)22(26)19-14-16-6-3-4-7-18(16)31-19/h3-4,6-11,14,21,27H,5,12-13H2,1-2H3. The number of benzene rings is 2. The van der Waals surface area contributed by atoms with Gasteiger partial charge in [-0.1, -0.05) is 30.3 Å². The lowest BCUT2D eigenvalue weighted by Gasteiger charge is -2.26. The predicted octanol–water partition coefficient (Wildman–Crippen LogP) is 4.06. The summed E-state index contributed by atoms with van der Waals surface area (Å²) in [6.45, 7) is 0.775. The molecule has 1 atom stereocenters. The van der Waals surface area contributed by atoms with Gasteiger partial charge in [0.1, 0.15) is 11.3 Å². The number of para-hydroxylation sites is 1. The van der Waals surface area contributed by atoms with Crippen molar-refractivity contribution in [1.82, 2.24) is 4.90 Å². The molecule has 1 N–H and O–H groups in total. The summed E-state index contributed by atoms with van der Waals surface area (Å²) in [5.74, 6) is -0.928. The van der Waals surface area contributed by atoms with E-state index in [1.165, 1.54) is 4.90 Å². The number of methoxy groups -OCH3 is 2. The Morgan fingerprint density at radius 3 is 2.55 bits per heavy atom. The third-order valence-electron chi connectivity index (χ3n) is 5.38. The van der Waals surface area contributed by atoms with Crippen molar-refractivity contribution in [3.05, 3.63) is 77.3 Å². The fourth-order valence-electron chi connectivity index (χ4n) is 3.85. The first-order valence-electron chi connectivity index (χ1n) is 9.95. The summed E-state index contributed by atoms with van der Waals surface area (Å²) in [7, 11) is 3.15. The molecule has 0 aliphatic carbocycles. The van der Waals surface area contributed by atoms with Gasteiger partial charge in [-0.2, -0.15) is 0 Å². The number of carbonyl (C=O) groups is 2. The first-order valence-corrected chi connectivity index (χ1v) is 9.95. The van der Waals surface area contributed by atoms with E-state index in [1.807, 2.05) is 18.2 Å². The summed E-state index contributed by atoms with van der Waals surface area (Å²) in [6.07, 6.45) is 0.564. The fourth-order valence-corrected chi connectivity index (χ4v) is 3.85. The Morgan fingerprint density at radius 1 is 1.13 bits per heavy atom. The first-order chi connectivity index (χ1) is 15.0. The fraction of sp³-hybridized carbons (Fsp3) is 0.250. The number of nitrogens with zero attached hydrogens (tertiary/aromatic N) is 1. The van der Waals surface area contributed by atoms with Crippen molar-refractivity contribution in [3.8, 4) is 5.75 Å². The minimum absolute atomic E-state index is 0.00615. The van der Waals surface area contributed by atoms with Crippen LogP contribution in [0.1, 0.15) is 28.6 Å². The average molecular weight is 421 g/mol. The van der Waals surface area contributed by atoms with Crippen LogP contribution in [0.4, 0.5) is 0 Å². The lowest BCUT2D eigenvalue weighted by molar-refractivity contribution is -0.129. The molecule has 2 heterocycles. The summed E-state index contributed by atoms with van der Waals surface area (Å²) in [6, 6.07) is 15.2. The molecule has 2 aromatic carbocycles. The smallest absolute Gasteiger partial charge is 0.290 e. The molecular formula is C24H23NO6. The van der Waals surface area contributed by atoms with Gasteiger partial charge in [-0.25, -0.2) is 0 Å². The minimum Gasteiger partial charge on any atom is -0.503 e. The Balaban J connectivity index is 1.76. The molecule has 0 radical (unpaired) electrons. The van der Waals surface area contributed by atoms with Gasteiger partial charge in [-0.15, -0.1) is 0 Å². The molecule has 160 valence electrons. The number of amides is 1. The van der Waals surface area contributed by atoms with E-state index in [9.17, 15) is 14.7 Å². The van der Waals surface area contributed by atoms with E-state index in [0.717, 1.165) is 5.39 Å². The van der Waals surface area contributed by atoms with Gasteiger partial charge in [-0.05, 0) is 36.2 Å². The molecule has 0 saturated carbocycles. The maximum absolute atomic E-state index is 13.4. The summed E-state index contributed by atoms with van der Waals surface area (Å²) >= 11 is 0.